The molecular formula is C18H20N2O3. The molecule has 5 heteroatoms. The molecule has 23 heavy (non-hydrogen) atoms. The molecule has 0 bridgehead atoms. The smallest absolute Gasteiger partial charge is 0.248 e. The van der Waals surface area contributed by atoms with Crippen molar-refractivity contribution in [2.75, 3.05) is 6.54 Å². The fraction of sp³-hybridized carbons (Fsp3) is 0.278. The normalized spacial score (nSPS) is 23.9. The maximum Gasteiger partial charge on any atom is 0.248 e. The Balaban J connectivity index is 1.98. The van der Waals surface area contributed by atoms with Gasteiger partial charge in [-0.2, -0.15) is 0 Å². The highest BCUT2D eigenvalue weighted by Crippen LogP contribution is 2.32. The number of benzene rings is 2. The Bertz CT molecular complexity index is 728. The Morgan fingerprint density at radius 1 is 1.17 bits per heavy atom. The lowest BCUT2D eigenvalue weighted by molar-refractivity contribution is 0.0404. The molecule has 120 valence electrons. The van der Waals surface area contributed by atoms with Gasteiger partial charge in [-0.3, -0.25) is 4.79 Å². The number of aliphatic hydroxyl groups excluding tert-OH is 2. The average Bonchev–Trinajstić information content (AvgIpc) is 2.87. The number of carbonyl (C=O) groups is 1. The van der Waals surface area contributed by atoms with Crippen LogP contribution in [0.4, 0.5) is 0 Å². The van der Waals surface area contributed by atoms with Crippen LogP contribution in [-0.4, -0.2) is 34.9 Å². The maximum atomic E-state index is 11.2. The quantitative estimate of drug-likeness (QED) is 0.683. The molecule has 0 saturated carbocycles. The third-order valence-electron chi connectivity index (χ3n) is 4.47. The van der Waals surface area contributed by atoms with E-state index in [1.165, 1.54) is 0 Å². The zero-order valence-corrected chi connectivity index (χ0v) is 12.9. The van der Waals surface area contributed by atoms with E-state index in [1.807, 2.05) is 37.3 Å². The highest BCUT2D eigenvalue weighted by Gasteiger charge is 2.34. The molecule has 1 amide bonds. The monoisotopic (exact) mass is 312 g/mol. The van der Waals surface area contributed by atoms with E-state index >= 15 is 0 Å². The van der Waals surface area contributed by atoms with Crippen molar-refractivity contribution in [3.05, 3.63) is 59.2 Å². The second kappa shape index (κ2) is 6.12. The second-order valence-corrected chi connectivity index (χ2v) is 5.91. The van der Waals surface area contributed by atoms with Crippen LogP contribution in [0.2, 0.25) is 0 Å². The first-order chi connectivity index (χ1) is 11.0. The van der Waals surface area contributed by atoms with Gasteiger partial charge in [0, 0.05) is 12.1 Å². The van der Waals surface area contributed by atoms with Crippen molar-refractivity contribution in [3.8, 4) is 11.1 Å². The van der Waals surface area contributed by atoms with Crippen molar-refractivity contribution < 1.29 is 15.0 Å². The largest absolute Gasteiger partial charge is 0.389 e. The molecule has 5 nitrogen and oxygen atoms in total. The summed E-state index contributed by atoms with van der Waals surface area (Å²) >= 11 is 0. The first kappa shape index (κ1) is 15.7. The zero-order valence-electron chi connectivity index (χ0n) is 12.9. The highest BCUT2D eigenvalue weighted by atomic mass is 16.3. The van der Waals surface area contributed by atoms with Crippen molar-refractivity contribution in [2.45, 2.75) is 25.2 Å². The Kier molecular flexibility index (Phi) is 4.17. The molecule has 2 aromatic rings. The van der Waals surface area contributed by atoms with E-state index in [0.29, 0.717) is 12.1 Å². The van der Waals surface area contributed by atoms with E-state index < -0.39 is 18.1 Å². The number of hydrogen-bond donors (Lipinski definition) is 4. The Hall–Kier alpha value is -2.21. The minimum absolute atomic E-state index is 0.283. The van der Waals surface area contributed by atoms with E-state index in [2.05, 4.69) is 5.32 Å². The zero-order chi connectivity index (χ0) is 16.6. The molecule has 2 aromatic carbocycles. The minimum Gasteiger partial charge on any atom is -0.389 e. The summed E-state index contributed by atoms with van der Waals surface area (Å²) in [6.45, 7) is 2.37. The van der Waals surface area contributed by atoms with Gasteiger partial charge in [-0.05, 0) is 41.3 Å². The number of hydrogen-bond acceptors (Lipinski definition) is 4. The van der Waals surface area contributed by atoms with Crippen LogP contribution in [0.3, 0.4) is 0 Å². The number of amides is 1. The number of primary amides is 1. The molecule has 1 saturated heterocycles. The summed E-state index contributed by atoms with van der Waals surface area (Å²) in [5.41, 5.74) is 9.73. The Labute approximate surface area is 134 Å². The van der Waals surface area contributed by atoms with Crippen LogP contribution < -0.4 is 11.1 Å². The van der Waals surface area contributed by atoms with Gasteiger partial charge < -0.3 is 21.3 Å². The molecule has 1 aliphatic heterocycles. The van der Waals surface area contributed by atoms with E-state index in [4.69, 9.17) is 5.73 Å². The van der Waals surface area contributed by atoms with Crippen LogP contribution in [0.5, 0.6) is 0 Å². The summed E-state index contributed by atoms with van der Waals surface area (Å²) in [6.07, 6.45) is -1.57. The SMILES string of the molecule is Cc1c(-c2ccc(C(N)=O)cc2)cccc1C1NCC(O)C1O. The van der Waals surface area contributed by atoms with Gasteiger partial charge in [0.05, 0.1) is 12.1 Å². The molecule has 0 aromatic heterocycles. The lowest BCUT2D eigenvalue weighted by atomic mass is 9.91. The Morgan fingerprint density at radius 3 is 2.43 bits per heavy atom. The van der Waals surface area contributed by atoms with Crippen LogP contribution in [0.25, 0.3) is 11.1 Å². The van der Waals surface area contributed by atoms with Gasteiger partial charge in [-0.15, -0.1) is 0 Å². The van der Waals surface area contributed by atoms with E-state index in [0.717, 1.165) is 22.3 Å². The van der Waals surface area contributed by atoms with Gasteiger partial charge >= 0.3 is 0 Å². The number of aliphatic hydroxyl groups is 2. The number of carbonyl (C=O) groups excluding carboxylic acids is 1. The molecule has 3 rings (SSSR count). The van der Waals surface area contributed by atoms with E-state index in [1.54, 1.807) is 12.1 Å². The highest BCUT2D eigenvalue weighted by molar-refractivity contribution is 5.93. The summed E-state index contributed by atoms with van der Waals surface area (Å²) in [7, 11) is 0. The molecule has 3 unspecified atom stereocenters. The summed E-state index contributed by atoms with van der Waals surface area (Å²) in [6, 6.07) is 12.7. The lowest BCUT2D eigenvalue weighted by Gasteiger charge is -2.20. The number of nitrogens with one attached hydrogen (secondary N) is 1. The fourth-order valence-electron chi connectivity index (χ4n) is 3.12. The number of nitrogens with two attached hydrogens (primary N) is 1. The predicted octanol–water partition coefficient (Wildman–Crippen LogP) is 1.13. The van der Waals surface area contributed by atoms with E-state index in [9.17, 15) is 15.0 Å². The van der Waals surface area contributed by atoms with Crippen LogP contribution in [0, 0.1) is 6.92 Å². The average molecular weight is 312 g/mol. The third-order valence-corrected chi connectivity index (χ3v) is 4.47. The molecule has 1 heterocycles. The lowest BCUT2D eigenvalue weighted by Crippen LogP contribution is -2.26. The third kappa shape index (κ3) is 2.86. The van der Waals surface area contributed by atoms with Crippen LogP contribution in [0.1, 0.15) is 27.5 Å². The van der Waals surface area contributed by atoms with Crippen LogP contribution >= 0.6 is 0 Å². The number of rotatable bonds is 3. The molecule has 0 radical (unpaired) electrons. The van der Waals surface area contributed by atoms with Crippen molar-refractivity contribution in [1.82, 2.24) is 5.32 Å². The Morgan fingerprint density at radius 2 is 1.87 bits per heavy atom. The molecule has 1 aliphatic rings. The topological polar surface area (TPSA) is 95.6 Å². The standard InChI is InChI=1S/C18H20N2O3/c1-10-13(11-5-7-12(8-6-11)18(19)23)3-2-4-14(10)16-17(22)15(21)9-20-16/h2-8,15-17,20-22H,9H2,1H3,(H2,19,23). The summed E-state index contributed by atoms with van der Waals surface area (Å²) < 4.78 is 0. The van der Waals surface area contributed by atoms with Crippen molar-refractivity contribution in [3.63, 3.8) is 0 Å². The van der Waals surface area contributed by atoms with Gasteiger partial charge in [0.2, 0.25) is 5.91 Å². The minimum atomic E-state index is -0.818. The fourth-order valence-corrected chi connectivity index (χ4v) is 3.12. The van der Waals surface area contributed by atoms with Gasteiger partial charge in [0.25, 0.3) is 0 Å². The molecule has 5 N–H and O–H groups in total. The molecule has 3 atom stereocenters. The predicted molar refractivity (Wildman–Crippen MR) is 87.9 cm³/mol. The second-order valence-electron chi connectivity index (χ2n) is 5.91. The van der Waals surface area contributed by atoms with Crippen molar-refractivity contribution >= 4 is 5.91 Å². The summed E-state index contributed by atoms with van der Waals surface area (Å²) in [5, 5.41) is 23.0. The van der Waals surface area contributed by atoms with E-state index in [-0.39, 0.29) is 6.04 Å². The van der Waals surface area contributed by atoms with Gasteiger partial charge in [-0.1, -0.05) is 30.3 Å². The molecule has 1 fully saturated rings. The first-order valence-corrected chi connectivity index (χ1v) is 7.58. The van der Waals surface area contributed by atoms with Gasteiger partial charge in [-0.25, -0.2) is 0 Å². The van der Waals surface area contributed by atoms with Gasteiger partial charge in [0.15, 0.2) is 0 Å². The van der Waals surface area contributed by atoms with Crippen molar-refractivity contribution in [2.24, 2.45) is 5.73 Å². The summed E-state index contributed by atoms with van der Waals surface area (Å²) in [5.74, 6) is -0.450. The molecule has 0 spiro atoms. The number of β-amino-alcohol motifs (C(OH)–C–C–N with tert-alkyl or cyclic N) is 1. The maximum absolute atomic E-state index is 11.2. The van der Waals surface area contributed by atoms with Crippen LogP contribution in [0.15, 0.2) is 42.5 Å². The first-order valence-electron chi connectivity index (χ1n) is 7.58. The molecule has 0 aliphatic carbocycles. The molecular weight excluding hydrogens is 292 g/mol. The van der Waals surface area contributed by atoms with Crippen LogP contribution in [-0.2, 0) is 0 Å². The van der Waals surface area contributed by atoms with Gasteiger partial charge in [0.1, 0.15) is 6.10 Å². The van der Waals surface area contributed by atoms with Crippen molar-refractivity contribution in [1.29, 1.82) is 0 Å². The summed E-state index contributed by atoms with van der Waals surface area (Å²) in [4.78, 5) is 11.2.